The monoisotopic (exact) mass is 340 g/mol. The van der Waals surface area contributed by atoms with Crippen molar-refractivity contribution in [2.75, 3.05) is 12.4 Å². The van der Waals surface area contributed by atoms with Gasteiger partial charge in [0, 0.05) is 11.7 Å². The van der Waals surface area contributed by atoms with Crippen LogP contribution < -0.4 is 0 Å². The van der Waals surface area contributed by atoms with Crippen molar-refractivity contribution < 1.29 is 30.3 Å². The predicted molar refractivity (Wildman–Crippen MR) is 83.5 cm³/mol. The van der Waals surface area contributed by atoms with E-state index in [1.54, 1.807) is 23.5 Å². The first-order valence-corrected chi connectivity index (χ1v) is 9.08. The number of carbonyl (C=O) groups is 1. The quantitative estimate of drug-likeness (QED) is 0.380. The lowest BCUT2D eigenvalue weighted by molar-refractivity contribution is -0.137. The Morgan fingerprint density at radius 3 is 2.57 bits per heavy atom. The molecule has 1 aliphatic heterocycles. The molecule has 1 saturated heterocycles. The normalized spacial score (nSPS) is 27.0. The van der Waals surface area contributed by atoms with Gasteiger partial charge in [-0.3, -0.25) is 4.79 Å². The van der Waals surface area contributed by atoms with Gasteiger partial charge < -0.3 is 25.5 Å². The first-order chi connectivity index (χ1) is 9.95. The van der Waals surface area contributed by atoms with Crippen molar-refractivity contribution >= 4 is 29.5 Å². The summed E-state index contributed by atoms with van der Waals surface area (Å²) in [4.78, 5) is 10.4. The molecule has 1 rings (SSSR count). The molecule has 0 bridgehead atoms. The first kappa shape index (κ1) is 19.1. The van der Waals surface area contributed by atoms with E-state index in [9.17, 15) is 20.1 Å². The minimum Gasteiger partial charge on any atom is -0.481 e. The Balaban J connectivity index is 2.35. The number of thioether (sulfide) groups is 2. The van der Waals surface area contributed by atoms with Crippen molar-refractivity contribution in [3.63, 3.8) is 0 Å². The van der Waals surface area contributed by atoms with E-state index in [0.29, 0.717) is 11.7 Å². The maximum atomic E-state index is 10.4. The predicted octanol–water partition coefficient (Wildman–Crippen LogP) is 0.271. The highest BCUT2D eigenvalue weighted by Gasteiger charge is 2.35. The van der Waals surface area contributed by atoms with E-state index in [-0.39, 0.29) is 11.0 Å². The van der Waals surface area contributed by atoms with Gasteiger partial charge in [0.05, 0.1) is 11.2 Å². The summed E-state index contributed by atoms with van der Waals surface area (Å²) < 4.78 is -0.237. The maximum Gasteiger partial charge on any atom is 0.303 e. The molecule has 0 amide bonds. The fraction of sp³-hybridized carbons (Fsp3) is 0.923. The van der Waals surface area contributed by atoms with Crippen molar-refractivity contribution in [2.45, 2.75) is 60.2 Å². The fourth-order valence-corrected chi connectivity index (χ4v) is 5.64. The molecule has 0 aliphatic carbocycles. The second kappa shape index (κ2) is 9.91. The third kappa shape index (κ3) is 6.75. The highest BCUT2D eigenvalue weighted by atomic mass is 32.2. The summed E-state index contributed by atoms with van der Waals surface area (Å²) in [6, 6.07) is 0. The molecule has 0 aromatic carbocycles. The Morgan fingerprint density at radius 1 is 1.24 bits per heavy atom. The van der Waals surface area contributed by atoms with Crippen molar-refractivity contribution in [3.05, 3.63) is 0 Å². The molecule has 0 aromatic rings. The number of hydrogen-bond donors (Lipinski definition) is 5. The number of hydrogen-bond acceptors (Lipinski definition) is 7. The van der Waals surface area contributed by atoms with Crippen LogP contribution >= 0.6 is 23.5 Å². The number of aliphatic carboxylic acids is 1. The third-order valence-corrected chi connectivity index (χ3v) is 6.65. The summed E-state index contributed by atoms with van der Waals surface area (Å²) in [6.07, 6.45) is -0.242. The topological polar surface area (TPSA) is 118 Å². The molecule has 0 spiro atoms. The molecule has 0 saturated carbocycles. The van der Waals surface area contributed by atoms with Crippen LogP contribution in [0.15, 0.2) is 0 Å². The highest BCUT2D eigenvalue weighted by Crippen LogP contribution is 2.40. The van der Waals surface area contributed by atoms with Crippen LogP contribution in [0.1, 0.15) is 32.1 Å². The summed E-state index contributed by atoms with van der Waals surface area (Å²) in [6.45, 7) is -0.584. The van der Waals surface area contributed by atoms with Crippen LogP contribution in [0.4, 0.5) is 0 Å². The number of carboxylic acid groups (broad SMARTS) is 1. The SMILES string of the molecule is O=C(O)CCCC[C@H]1CCS[C@H]([C@H](O)[C@H](O)[C@@H](O)CO)S1. The van der Waals surface area contributed by atoms with E-state index < -0.39 is 30.9 Å². The molecule has 8 heteroatoms. The van der Waals surface area contributed by atoms with Gasteiger partial charge in [0.2, 0.25) is 0 Å². The van der Waals surface area contributed by atoms with Crippen LogP contribution in [-0.4, -0.2) is 72.0 Å². The van der Waals surface area contributed by atoms with Crippen LogP contribution in [0.3, 0.4) is 0 Å². The van der Waals surface area contributed by atoms with Gasteiger partial charge in [-0.15, -0.1) is 23.5 Å². The molecule has 0 unspecified atom stereocenters. The van der Waals surface area contributed by atoms with Gasteiger partial charge >= 0.3 is 5.97 Å². The van der Waals surface area contributed by atoms with Gasteiger partial charge in [0.25, 0.3) is 0 Å². The van der Waals surface area contributed by atoms with E-state index in [2.05, 4.69) is 0 Å². The largest absolute Gasteiger partial charge is 0.481 e. The number of unbranched alkanes of at least 4 members (excludes halogenated alkanes) is 1. The van der Waals surface area contributed by atoms with Crippen molar-refractivity contribution in [2.24, 2.45) is 0 Å². The standard InChI is InChI=1S/C13H24O6S2/c14-7-9(15)11(18)12(19)13-20-6-5-8(21-13)3-1-2-4-10(16)17/h8-9,11-15,18-19H,1-7H2,(H,16,17)/t8-,9-,11+,12+,13-/m0/s1. The molecule has 1 aliphatic rings. The summed E-state index contributed by atoms with van der Waals surface area (Å²) >= 11 is 3.11. The van der Waals surface area contributed by atoms with Crippen LogP contribution in [0.25, 0.3) is 0 Å². The zero-order chi connectivity index (χ0) is 15.8. The van der Waals surface area contributed by atoms with Gasteiger partial charge in [0.15, 0.2) is 0 Å². The molecule has 6 nitrogen and oxygen atoms in total. The van der Waals surface area contributed by atoms with Gasteiger partial charge in [0.1, 0.15) is 18.3 Å². The van der Waals surface area contributed by atoms with Crippen molar-refractivity contribution in [3.8, 4) is 0 Å². The van der Waals surface area contributed by atoms with E-state index in [4.69, 9.17) is 10.2 Å². The molecular weight excluding hydrogens is 316 g/mol. The molecule has 124 valence electrons. The molecular formula is C13H24O6S2. The second-order valence-electron chi connectivity index (χ2n) is 5.16. The lowest BCUT2D eigenvalue weighted by Crippen LogP contribution is -2.45. The van der Waals surface area contributed by atoms with Crippen LogP contribution in [-0.2, 0) is 4.79 Å². The maximum absolute atomic E-state index is 10.4. The zero-order valence-electron chi connectivity index (χ0n) is 11.8. The average molecular weight is 340 g/mol. The smallest absolute Gasteiger partial charge is 0.303 e. The Hall–Kier alpha value is 0.01000. The molecule has 0 radical (unpaired) electrons. The minimum absolute atomic E-state index is 0.180. The number of carboxylic acids is 1. The van der Waals surface area contributed by atoms with Gasteiger partial charge in [-0.2, -0.15) is 0 Å². The number of aliphatic hydroxyl groups is 4. The van der Waals surface area contributed by atoms with Crippen LogP contribution in [0.2, 0.25) is 0 Å². The molecule has 5 N–H and O–H groups in total. The van der Waals surface area contributed by atoms with Crippen molar-refractivity contribution in [1.29, 1.82) is 0 Å². The summed E-state index contributed by atoms with van der Waals surface area (Å²) in [5.41, 5.74) is 0. The fourth-order valence-electron chi connectivity index (χ4n) is 2.15. The van der Waals surface area contributed by atoms with Crippen LogP contribution in [0, 0.1) is 0 Å². The summed E-state index contributed by atoms with van der Waals surface area (Å²) in [7, 11) is 0. The molecule has 21 heavy (non-hydrogen) atoms. The first-order valence-electron chi connectivity index (χ1n) is 7.09. The number of rotatable bonds is 9. The third-order valence-electron chi connectivity index (χ3n) is 3.43. The Kier molecular flexibility index (Phi) is 9.00. The van der Waals surface area contributed by atoms with Crippen LogP contribution in [0.5, 0.6) is 0 Å². The van der Waals surface area contributed by atoms with Crippen molar-refractivity contribution in [1.82, 2.24) is 0 Å². The van der Waals surface area contributed by atoms with E-state index in [0.717, 1.165) is 25.0 Å². The Labute approximate surface area is 132 Å². The Morgan fingerprint density at radius 2 is 1.95 bits per heavy atom. The highest BCUT2D eigenvalue weighted by molar-refractivity contribution is 8.17. The lowest BCUT2D eigenvalue weighted by Gasteiger charge is -2.34. The summed E-state index contributed by atoms with van der Waals surface area (Å²) in [5.74, 6) is 0.0801. The minimum atomic E-state index is -1.36. The second-order valence-corrected chi connectivity index (χ2v) is 8.15. The molecule has 1 heterocycles. The molecule has 0 aromatic heterocycles. The lowest BCUT2D eigenvalue weighted by atomic mass is 10.1. The molecule has 1 fully saturated rings. The summed E-state index contributed by atoms with van der Waals surface area (Å²) in [5, 5.41) is 46.9. The van der Waals surface area contributed by atoms with Gasteiger partial charge in [-0.05, 0) is 25.0 Å². The zero-order valence-corrected chi connectivity index (χ0v) is 13.4. The Bertz CT molecular complexity index is 317. The van der Waals surface area contributed by atoms with Gasteiger partial charge in [-0.1, -0.05) is 6.42 Å². The van der Waals surface area contributed by atoms with E-state index in [1.807, 2.05) is 0 Å². The average Bonchev–Trinajstić information content (AvgIpc) is 2.49. The van der Waals surface area contributed by atoms with E-state index in [1.165, 1.54) is 0 Å². The van der Waals surface area contributed by atoms with E-state index >= 15 is 0 Å². The van der Waals surface area contributed by atoms with Gasteiger partial charge in [-0.25, -0.2) is 0 Å². The molecule has 5 atom stereocenters. The number of aliphatic hydroxyl groups excluding tert-OH is 4.